The van der Waals surface area contributed by atoms with Gasteiger partial charge >= 0.3 is 6.09 Å². The number of fused-ring (bicyclic) bond motifs is 2. The Balaban J connectivity index is 1.66. The van der Waals surface area contributed by atoms with Gasteiger partial charge in [-0.1, -0.05) is 18.2 Å². The number of aliphatic hydroxyl groups is 1. The first-order valence-electron chi connectivity index (χ1n) is 8.74. The Morgan fingerprint density at radius 2 is 1.83 bits per heavy atom. The van der Waals surface area contributed by atoms with Crippen molar-refractivity contribution in [2.45, 2.75) is 76.9 Å². The summed E-state index contributed by atoms with van der Waals surface area (Å²) < 4.78 is 11.7. The smallest absolute Gasteiger partial charge is 0.410 e. The van der Waals surface area contributed by atoms with E-state index in [4.69, 9.17) is 9.47 Å². The molecule has 0 aromatic heterocycles. The molecule has 5 nitrogen and oxygen atoms in total. The third kappa shape index (κ3) is 3.66. The first kappa shape index (κ1) is 17.1. The Morgan fingerprint density at radius 1 is 1.21 bits per heavy atom. The van der Waals surface area contributed by atoms with Crippen LogP contribution in [0.25, 0.3) is 0 Å². The molecule has 2 saturated heterocycles. The third-order valence-electron chi connectivity index (χ3n) is 4.73. The van der Waals surface area contributed by atoms with Crippen LogP contribution in [-0.4, -0.2) is 39.9 Å². The van der Waals surface area contributed by atoms with Crippen LogP contribution in [-0.2, 0) is 11.3 Å². The summed E-state index contributed by atoms with van der Waals surface area (Å²) in [5, 5.41) is 9.44. The lowest BCUT2D eigenvalue weighted by Crippen LogP contribution is -2.50. The molecule has 0 saturated carbocycles. The van der Waals surface area contributed by atoms with Crippen molar-refractivity contribution in [3.05, 3.63) is 29.8 Å². The zero-order chi connectivity index (χ0) is 17.3. The molecular weight excluding hydrogens is 306 g/mol. The molecule has 24 heavy (non-hydrogen) atoms. The molecule has 0 spiro atoms. The van der Waals surface area contributed by atoms with E-state index >= 15 is 0 Å². The van der Waals surface area contributed by atoms with Crippen molar-refractivity contribution in [1.82, 2.24) is 4.90 Å². The zero-order valence-electron chi connectivity index (χ0n) is 14.7. The van der Waals surface area contributed by atoms with Crippen molar-refractivity contribution in [2.24, 2.45) is 0 Å². The predicted molar refractivity (Wildman–Crippen MR) is 90.9 cm³/mol. The number of rotatable bonds is 3. The number of benzene rings is 1. The van der Waals surface area contributed by atoms with E-state index in [0.29, 0.717) is 0 Å². The van der Waals surface area contributed by atoms with Gasteiger partial charge in [0.15, 0.2) is 0 Å². The number of hydrogen-bond acceptors (Lipinski definition) is 4. The SMILES string of the molecule is CC(C)(C)OC(=O)N1[C@@H]2CC[C@H]1CC(Oc1ccccc1CO)C2. The fourth-order valence-corrected chi connectivity index (χ4v) is 3.77. The lowest BCUT2D eigenvalue weighted by Gasteiger charge is -2.39. The fraction of sp³-hybridized carbons (Fsp3) is 0.632. The molecule has 0 radical (unpaired) electrons. The van der Waals surface area contributed by atoms with Gasteiger partial charge in [0.25, 0.3) is 0 Å². The minimum Gasteiger partial charge on any atom is -0.490 e. The lowest BCUT2D eigenvalue weighted by atomic mass is 10.00. The largest absolute Gasteiger partial charge is 0.490 e. The number of nitrogens with zero attached hydrogens (tertiary/aromatic N) is 1. The van der Waals surface area contributed by atoms with Crippen molar-refractivity contribution >= 4 is 6.09 Å². The second kappa shape index (κ2) is 6.63. The number of piperidine rings is 1. The zero-order valence-corrected chi connectivity index (χ0v) is 14.7. The standard InChI is InChI=1S/C19H27NO4/c1-19(2,3)24-18(22)20-14-8-9-15(20)11-16(10-14)23-17-7-5-4-6-13(17)12-21/h4-7,14-16,21H,8-12H2,1-3H3/t14-,15+,16?. The van der Waals surface area contributed by atoms with Gasteiger partial charge in [0.2, 0.25) is 0 Å². The first-order chi connectivity index (χ1) is 11.4. The molecule has 3 rings (SSSR count). The van der Waals surface area contributed by atoms with E-state index in [0.717, 1.165) is 37.0 Å². The highest BCUT2D eigenvalue weighted by atomic mass is 16.6. The van der Waals surface area contributed by atoms with Crippen molar-refractivity contribution in [3.63, 3.8) is 0 Å². The highest BCUT2D eigenvalue weighted by molar-refractivity contribution is 5.69. The molecule has 1 aromatic rings. The number of para-hydroxylation sites is 1. The van der Waals surface area contributed by atoms with Gasteiger partial charge in [-0.15, -0.1) is 0 Å². The molecule has 1 unspecified atom stereocenters. The van der Waals surface area contributed by atoms with Crippen molar-refractivity contribution in [3.8, 4) is 5.75 Å². The number of carbonyl (C=O) groups is 1. The van der Waals surface area contributed by atoms with Gasteiger partial charge in [0.1, 0.15) is 17.5 Å². The molecule has 3 atom stereocenters. The molecule has 2 aliphatic heterocycles. The Hall–Kier alpha value is -1.75. The van der Waals surface area contributed by atoms with E-state index in [9.17, 15) is 9.90 Å². The number of aliphatic hydroxyl groups excluding tert-OH is 1. The Morgan fingerprint density at radius 3 is 2.42 bits per heavy atom. The molecule has 1 N–H and O–H groups in total. The average Bonchev–Trinajstić information content (AvgIpc) is 2.78. The van der Waals surface area contributed by atoms with Gasteiger partial charge in [0, 0.05) is 30.5 Å². The van der Waals surface area contributed by atoms with Gasteiger partial charge in [-0.3, -0.25) is 0 Å². The van der Waals surface area contributed by atoms with E-state index in [2.05, 4.69) is 0 Å². The second-order valence-electron chi connectivity index (χ2n) is 7.75. The van der Waals surface area contributed by atoms with Crippen LogP contribution in [0.1, 0.15) is 52.0 Å². The van der Waals surface area contributed by atoms with Crippen LogP contribution in [0, 0.1) is 0 Å². The monoisotopic (exact) mass is 333 g/mol. The minimum absolute atomic E-state index is 0.0280. The van der Waals surface area contributed by atoms with Gasteiger partial charge in [-0.25, -0.2) is 4.79 Å². The molecule has 2 heterocycles. The van der Waals surface area contributed by atoms with Crippen LogP contribution in [0.2, 0.25) is 0 Å². The molecule has 1 aromatic carbocycles. The fourth-order valence-electron chi connectivity index (χ4n) is 3.77. The van der Waals surface area contributed by atoms with Crippen molar-refractivity contribution in [2.75, 3.05) is 0 Å². The topological polar surface area (TPSA) is 59.0 Å². The maximum Gasteiger partial charge on any atom is 0.410 e. The van der Waals surface area contributed by atoms with Crippen LogP contribution in [0.5, 0.6) is 5.75 Å². The van der Waals surface area contributed by atoms with E-state index in [1.807, 2.05) is 49.9 Å². The molecule has 2 bridgehead atoms. The number of ether oxygens (including phenoxy) is 2. The molecule has 2 fully saturated rings. The molecule has 5 heteroatoms. The van der Waals surface area contributed by atoms with Crippen LogP contribution < -0.4 is 4.74 Å². The quantitative estimate of drug-likeness (QED) is 0.920. The summed E-state index contributed by atoms with van der Waals surface area (Å²) in [4.78, 5) is 14.4. The molecule has 1 amide bonds. The molecule has 0 aliphatic carbocycles. The maximum atomic E-state index is 12.5. The molecular formula is C19H27NO4. The predicted octanol–water partition coefficient (Wildman–Crippen LogP) is 3.49. The van der Waals surface area contributed by atoms with E-state index in [1.54, 1.807) is 0 Å². The van der Waals surface area contributed by atoms with Gasteiger partial charge in [-0.05, 0) is 39.7 Å². The maximum absolute atomic E-state index is 12.5. The summed E-state index contributed by atoms with van der Waals surface area (Å²) in [5.41, 5.74) is 0.337. The van der Waals surface area contributed by atoms with E-state index in [1.165, 1.54) is 0 Å². The summed E-state index contributed by atoms with van der Waals surface area (Å²) in [6.07, 6.45) is 3.51. The highest BCUT2D eigenvalue weighted by Crippen LogP contribution is 2.38. The van der Waals surface area contributed by atoms with E-state index in [-0.39, 0.29) is 30.9 Å². The van der Waals surface area contributed by atoms with Crippen LogP contribution in [0.3, 0.4) is 0 Å². The average molecular weight is 333 g/mol. The number of amides is 1. The summed E-state index contributed by atoms with van der Waals surface area (Å²) >= 11 is 0. The van der Waals surface area contributed by atoms with E-state index < -0.39 is 5.60 Å². The third-order valence-corrected chi connectivity index (χ3v) is 4.73. The molecule has 2 aliphatic rings. The lowest BCUT2D eigenvalue weighted by molar-refractivity contribution is -0.00727. The van der Waals surface area contributed by atoms with Crippen LogP contribution in [0.15, 0.2) is 24.3 Å². The normalized spacial score (nSPS) is 26.3. The van der Waals surface area contributed by atoms with Crippen molar-refractivity contribution < 1.29 is 19.4 Å². The second-order valence-corrected chi connectivity index (χ2v) is 7.75. The van der Waals surface area contributed by atoms with Gasteiger partial charge in [-0.2, -0.15) is 0 Å². The summed E-state index contributed by atoms with van der Waals surface area (Å²) in [7, 11) is 0. The van der Waals surface area contributed by atoms with Crippen LogP contribution >= 0.6 is 0 Å². The number of hydrogen-bond donors (Lipinski definition) is 1. The Bertz CT molecular complexity index is 581. The highest BCUT2D eigenvalue weighted by Gasteiger charge is 2.45. The van der Waals surface area contributed by atoms with Gasteiger partial charge < -0.3 is 19.5 Å². The summed E-state index contributed by atoms with van der Waals surface area (Å²) in [5.74, 6) is 0.745. The first-order valence-corrected chi connectivity index (χ1v) is 8.74. The Kier molecular flexibility index (Phi) is 4.72. The minimum atomic E-state index is -0.468. The summed E-state index contributed by atoms with van der Waals surface area (Å²) in [6.45, 7) is 5.66. The van der Waals surface area contributed by atoms with Crippen LogP contribution in [0.4, 0.5) is 4.79 Å². The Labute approximate surface area is 143 Å². The van der Waals surface area contributed by atoms with Gasteiger partial charge in [0.05, 0.1) is 6.61 Å². The summed E-state index contributed by atoms with van der Waals surface area (Å²) in [6, 6.07) is 7.95. The molecule has 132 valence electrons. The number of carbonyl (C=O) groups excluding carboxylic acids is 1. The van der Waals surface area contributed by atoms with Crippen molar-refractivity contribution in [1.29, 1.82) is 0 Å².